The van der Waals surface area contributed by atoms with E-state index < -0.39 is 30.0 Å². The molecule has 1 aromatic heterocycles. The molecule has 0 aliphatic heterocycles. The molecule has 0 saturated carbocycles. The third-order valence-corrected chi connectivity index (χ3v) is 4.71. The molecule has 2 unspecified atom stereocenters. The lowest BCUT2D eigenvalue weighted by Gasteiger charge is -2.20. The monoisotopic (exact) mass is 423 g/mol. The van der Waals surface area contributed by atoms with Gasteiger partial charge in [-0.05, 0) is 23.1 Å². The molecular weight excluding hydrogens is 402 g/mol. The first-order valence-electron chi connectivity index (χ1n) is 9.48. The van der Waals surface area contributed by atoms with E-state index in [4.69, 9.17) is 10.2 Å². The van der Waals surface area contributed by atoms with Gasteiger partial charge in [0.05, 0.1) is 0 Å². The van der Waals surface area contributed by atoms with Crippen molar-refractivity contribution < 1.29 is 29.7 Å². The van der Waals surface area contributed by atoms with Crippen molar-refractivity contribution >= 4 is 17.8 Å². The summed E-state index contributed by atoms with van der Waals surface area (Å²) in [4.78, 5) is 34.5. The molecule has 3 aromatic rings. The molecule has 9 heteroatoms. The maximum Gasteiger partial charge on any atom is 0.353 e. The van der Waals surface area contributed by atoms with E-state index in [1.807, 2.05) is 54.6 Å². The maximum atomic E-state index is 12.5. The molecule has 0 saturated heterocycles. The number of aromatic carboxylic acids is 1. The van der Waals surface area contributed by atoms with Crippen LogP contribution in [0.2, 0.25) is 0 Å². The summed E-state index contributed by atoms with van der Waals surface area (Å²) in [6.45, 7) is 0. The van der Waals surface area contributed by atoms with E-state index in [1.165, 1.54) is 0 Å². The topological polar surface area (TPSA) is 153 Å². The second-order valence-electron chi connectivity index (χ2n) is 7.00. The highest BCUT2D eigenvalue weighted by Crippen LogP contribution is 2.20. The largest absolute Gasteiger partial charge is 0.479 e. The Morgan fingerprint density at radius 1 is 0.968 bits per heavy atom. The zero-order valence-corrected chi connectivity index (χ0v) is 16.4. The fourth-order valence-corrected chi connectivity index (χ4v) is 3.12. The second kappa shape index (κ2) is 9.68. The molecule has 3 rings (SSSR count). The second-order valence-corrected chi connectivity index (χ2v) is 7.00. The molecule has 160 valence electrons. The van der Waals surface area contributed by atoms with Gasteiger partial charge in [-0.25, -0.2) is 9.59 Å². The number of aliphatic hydroxyl groups excluding tert-OH is 1. The number of nitrogens with one attached hydrogen (secondary N) is 2. The van der Waals surface area contributed by atoms with Crippen molar-refractivity contribution in [3.8, 4) is 11.1 Å². The van der Waals surface area contributed by atoms with Crippen LogP contribution in [-0.4, -0.2) is 55.5 Å². The molecule has 0 bridgehead atoms. The highest BCUT2D eigenvalue weighted by Gasteiger charge is 2.24. The van der Waals surface area contributed by atoms with Gasteiger partial charge in [0.1, 0.15) is 5.69 Å². The molecule has 0 aliphatic carbocycles. The average molecular weight is 423 g/mol. The third-order valence-electron chi connectivity index (χ3n) is 4.71. The van der Waals surface area contributed by atoms with Gasteiger partial charge in [-0.2, -0.15) is 5.10 Å². The number of hydrogen-bond acceptors (Lipinski definition) is 5. The molecule has 31 heavy (non-hydrogen) atoms. The number of aliphatic carboxylic acids is 1. The molecule has 2 atom stereocenters. The number of rotatable bonds is 9. The van der Waals surface area contributed by atoms with Gasteiger partial charge >= 0.3 is 11.9 Å². The minimum Gasteiger partial charge on any atom is -0.479 e. The number of nitrogens with zero attached hydrogens (tertiary/aromatic N) is 1. The SMILES string of the molecule is O=C(NC(Cc1ccc(-c2ccccc2)cc1)CC(O)C(=O)O)c1cc(C(=O)O)[nH]n1. The summed E-state index contributed by atoms with van der Waals surface area (Å²) in [5.74, 6) is -3.33. The smallest absolute Gasteiger partial charge is 0.353 e. The zero-order chi connectivity index (χ0) is 22.4. The number of benzene rings is 2. The van der Waals surface area contributed by atoms with Gasteiger partial charge in [0, 0.05) is 18.5 Å². The summed E-state index contributed by atoms with van der Waals surface area (Å²) in [6, 6.07) is 17.7. The Morgan fingerprint density at radius 2 is 1.61 bits per heavy atom. The van der Waals surface area contributed by atoms with Gasteiger partial charge in [0.25, 0.3) is 5.91 Å². The number of carbonyl (C=O) groups is 3. The molecule has 2 aromatic carbocycles. The van der Waals surface area contributed by atoms with Crippen molar-refractivity contribution in [2.75, 3.05) is 0 Å². The normalized spacial score (nSPS) is 12.7. The molecule has 0 fully saturated rings. The highest BCUT2D eigenvalue weighted by atomic mass is 16.4. The van der Waals surface area contributed by atoms with Crippen molar-refractivity contribution in [2.45, 2.75) is 25.0 Å². The zero-order valence-electron chi connectivity index (χ0n) is 16.4. The standard InChI is InChI=1S/C22H21N3O6/c26-19(22(30)31)11-16(23-20(27)17-12-18(21(28)29)25-24-17)10-13-6-8-15(9-7-13)14-4-2-1-3-5-14/h1-9,12,16,19,26H,10-11H2,(H,23,27)(H,24,25)(H,28,29)(H,30,31). The maximum absolute atomic E-state index is 12.5. The first-order chi connectivity index (χ1) is 14.8. The number of amides is 1. The molecule has 0 aliphatic rings. The lowest BCUT2D eigenvalue weighted by atomic mass is 9.97. The Bertz CT molecular complexity index is 1060. The van der Waals surface area contributed by atoms with Crippen molar-refractivity contribution in [1.82, 2.24) is 15.5 Å². The number of hydrogen-bond donors (Lipinski definition) is 5. The van der Waals surface area contributed by atoms with Crippen molar-refractivity contribution in [3.63, 3.8) is 0 Å². The van der Waals surface area contributed by atoms with Crippen LogP contribution >= 0.6 is 0 Å². The predicted octanol–water partition coefficient (Wildman–Crippen LogP) is 1.95. The van der Waals surface area contributed by atoms with E-state index in [9.17, 15) is 19.5 Å². The summed E-state index contributed by atoms with van der Waals surface area (Å²) in [6.07, 6.45) is -1.62. The number of carbonyl (C=O) groups excluding carboxylic acids is 1. The number of H-pyrrole nitrogens is 1. The third kappa shape index (κ3) is 5.77. The summed E-state index contributed by atoms with van der Waals surface area (Å²) < 4.78 is 0. The van der Waals surface area contributed by atoms with Gasteiger partial charge in [-0.1, -0.05) is 54.6 Å². The minimum absolute atomic E-state index is 0.147. The Balaban J connectivity index is 1.74. The molecule has 9 nitrogen and oxygen atoms in total. The first kappa shape index (κ1) is 21.7. The van der Waals surface area contributed by atoms with E-state index >= 15 is 0 Å². The molecular formula is C22H21N3O6. The van der Waals surface area contributed by atoms with Crippen LogP contribution in [0.15, 0.2) is 60.7 Å². The molecule has 0 radical (unpaired) electrons. The van der Waals surface area contributed by atoms with Crippen LogP contribution in [0.25, 0.3) is 11.1 Å². The van der Waals surface area contributed by atoms with Gasteiger partial charge < -0.3 is 20.6 Å². The average Bonchev–Trinajstić information content (AvgIpc) is 3.25. The van der Waals surface area contributed by atoms with E-state index in [2.05, 4.69) is 15.5 Å². The van der Waals surface area contributed by atoms with Crippen LogP contribution < -0.4 is 5.32 Å². The quantitative estimate of drug-likeness (QED) is 0.353. The molecule has 0 spiro atoms. The van der Waals surface area contributed by atoms with E-state index in [1.54, 1.807) is 0 Å². The van der Waals surface area contributed by atoms with Crippen molar-refractivity contribution in [1.29, 1.82) is 0 Å². The fraction of sp³-hybridized carbons (Fsp3) is 0.182. The lowest BCUT2D eigenvalue weighted by Crippen LogP contribution is -2.40. The summed E-state index contributed by atoms with van der Waals surface area (Å²) >= 11 is 0. The van der Waals surface area contributed by atoms with Crippen LogP contribution in [0.5, 0.6) is 0 Å². The predicted molar refractivity (Wildman–Crippen MR) is 111 cm³/mol. The summed E-state index contributed by atoms with van der Waals surface area (Å²) in [7, 11) is 0. The Labute approximate surface area is 177 Å². The van der Waals surface area contributed by atoms with Crippen molar-refractivity contribution in [2.24, 2.45) is 0 Å². The fourth-order valence-electron chi connectivity index (χ4n) is 3.12. The first-order valence-corrected chi connectivity index (χ1v) is 9.48. The molecule has 5 N–H and O–H groups in total. The van der Waals surface area contributed by atoms with Crippen LogP contribution in [0.3, 0.4) is 0 Å². The van der Waals surface area contributed by atoms with Gasteiger partial charge in [0.15, 0.2) is 11.8 Å². The molecule has 1 heterocycles. The Morgan fingerprint density at radius 3 is 2.19 bits per heavy atom. The number of aromatic nitrogens is 2. The summed E-state index contributed by atoms with van der Waals surface area (Å²) in [5.41, 5.74) is 2.49. The molecule has 1 amide bonds. The van der Waals surface area contributed by atoms with E-state index in [0.29, 0.717) is 0 Å². The van der Waals surface area contributed by atoms with Crippen LogP contribution in [0.4, 0.5) is 0 Å². The van der Waals surface area contributed by atoms with Gasteiger partial charge in [-0.3, -0.25) is 9.89 Å². The highest BCUT2D eigenvalue weighted by molar-refractivity contribution is 5.95. The lowest BCUT2D eigenvalue weighted by molar-refractivity contribution is -0.147. The van der Waals surface area contributed by atoms with E-state index in [-0.39, 0.29) is 24.2 Å². The number of aromatic amines is 1. The number of aliphatic hydroxyl groups is 1. The van der Waals surface area contributed by atoms with Crippen LogP contribution in [-0.2, 0) is 11.2 Å². The van der Waals surface area contributed by atoms with Gasteiger partial charge in [-0.15, -0.1) is 0 Å². The minimum atomic E-state index is -1.66. The van der Waals surface area contributed by atoms with Gasteiger partial charge in [0.2, 0.25) is 0 Å². The van der Waals surface area contributed by atoms with Crippen molar-refractivity contribution in [3.05, 3.63) is 77.6 Å². The Hall–Kier alpha value is -3.98. The number of carboxylic acids is 2. The van der Waals surface area contributed by atoms with Crippen LogP contribution in [0.1, 0.15) is 33.0 Å². The summed E-state index contributed by atoms with van der Waals surface area (Å²) in [5, 5.41) is 36.3. The van der Waals surface area contributed by atoms with E-state index in [0.717, 1.165) is 22.8 Å². The Kier molecular flexibility index (Phi) is 6.78. The van der Waals surface area contributed by atoms with Crippen LogP contribution in [0, 0.1) is 0 Å². The number of carboxylic acid groups (broad SMARTS) is 2.